The number of hydrogen-bond acceptors (Lipinski definition) is 3. The molecule has 2 heterocycles. The lowest BCUT2D eigenvalue weighted by Crippen LogP contribution is -2.30. The molecule has 2 aromatic carbocycles. The van der Waals surface area contributed by atoms with Gasteiger partial charge in [0.15, 0.2) is 0 Å². The number of nitrogens with zero attached hydrogens (tertiary/aromatic N) is 3. The maximum Gasteiger partial charge on any atom is 0.220 e. The van der Waals surface area contributed by atoms with Crippen LogP contribution in [0.25, 0.3) is 11.0 Å². The van der Waals surface area contributed by atoms with Crippen LogP contribution in [0, 0.1) is 0 Å². The minimum absolute atomic E-state index is 0.0328. The summed E-state index contributed by atoms with van der Waals surface area (Å²) in [6.45, 7) is 3.61. The van der Waals surface area contributed by atoms with Crippen LogP contribution in [0.5, 0.6) is 5.75 Å². The van der Waals surface area contributed by atoms with E-state index in [9.17, 15) is 4.79 Å². The molecule has 1 atom stereocenters. The number of likely N-dealkylation sites (tertiary alicyclic amines) is 1. The maximum atomic E-state index is 12.0. The standard InChI is InChI=1S/C21H22ClN3O2/c1-15(26)24-12-4-7-20(24)21-23-18-5-2-3-6-19(18)25(21)13-14-27-17-10-8-16(22)9-11-17/h2-3,5-6,8-11,20H,4,7,12-14H2,1H3/t20-/m1/s1. The van der Waals surface area contributed by atoms with Gasteiger partial charge in [-0.3, -0.25) is 4.79 Å². The molecule has 5 nitrogen and oxygen atoms in total. The Morgan fingerprint density at radius 3 is 2.78 bits per heavy atom. The zero-order valence-corrected chi connectivity index (χ0v) is 16.0. The van der Waals surface area contributed by atoms with Gasteiger partial charge in [0.2, 0.25) is 5.91 Å². The molecule has 1 saturated heterocycles. The van der Waals surface area contributed by atoms with Gasteiger partial charge in [-0.05, 0) is 49.2 Å². The number of carbonyl (C=O) groups is 1. The van der Waals surface area contributed by atoms with Gasteiger partial charge in [0, 0.05) is 18.5 Å². The largest absolute Gasteiger partial charge is 0.492 e. The number of ether oxygens (including phenoxy) is 1. The van der Waals surface area contributed by atoms with Gasteiger partial charge >= 0.3 is 0 Å². The molecule has 3 aromatic rings. The summed E-state index contributed by atoms with van der Waals surface area (Å²) in [6, 6.07) is 15.5. The van der Waals surface area contributed by atoms with Gasteiger partial charge in [0.05, 0.1) is 23.6 Å². The normalized spacial score (nSPS) is 16.8. The van der Waals surface area contributed by atoms with Crippen LogP contribution in [0.3, 0.4) is 0 Å². The van der Waals surface area contributed by atoms with Gasteiger partial charge in [0.1, 0.15) is 18.2 Å². The van der Waals surface area contributed by atoms with E-state index in [0.717, 1.165) is 42.0 Å². The molecular formula is C21H22ClN3O2. The lowest BCUT2D eigenvalue weighted by atomic mass is 10.2. The smallest absolute Gasteiger partial charge is 0.220 e. The monoisotopic (exact) mass is 383 g/mol. The number of rotatable bonds is 5. The molecule has 1 amide bonds. The number of fused-ring (bicyclic) bond motifs is 1. The van der Waals surface area contributed by atoms with Crippen molar-refractivity contribution in [3.05, 3.63) is 59.4 Å². The molecule has 140 valence electrons. The molecule has 0 aliphatic carbocycles. The number of carbonyl (C=O) groups excluding carboxylic acids is 1. The summed E-state index contributed by atoms with van der Waals surface area (Å²) in [6.07, 6.45) is 1.95. The summed E-state index contributed by atoms with van der Waals surface area (Å²) in [4.78, 5) is 18.8. The van der Waals surface area contributed by atoms with Crippen molar-refractivity contribution in [2.75, 3.05) is 13.2 Å². The van der Waals surface area contributed by atoms with Gasteiger partial charge in [0.25, 0.3) is 0 Å². The molecule has 0 saturated carbocycles. The van der Waals surface area contributed by atoms with Crippen LogP contribution in [0.4, 0.5) is 0 Å². The summed E-state index contributed by atoms with van der Waals surface area (Å²) in [5.74, 6) is 1.84. The highest BCUT2D eigenvalue weighted by Gasteiger charge is 2.32. The lowest BCUT2D eigenvalue weighted by Gasteiger charge is -2.24. The minimum atomic E-state index is 0.0328. The average Bonchev–Trinajstić information content (AvgIpc) is 3.28. The molecule has 0 spiro atoms. The fourth-order valence-electron chi connectivity index (χ4n) is 3.78. The van der Waals surface area contributed by atoms with Gasteiger partial charge in [-0.15, -0.1) is 0 Å². The predicted molar refractivity (Wildman–Crippen MR) is 106 cm³/mol. The van der Waals surface area contributed by atoms with Crippen LogP contribution in [-0.2, 0) is 11.3 Å². The number of imidazole rings is 1. The van der Waals surface area contributed by atoms with Crippen molar-refractivity contribution < 1.29 is 9.53 Å². The number of aromatic nitrogens is 2. The van der Waals surface area contributed by atoms with E-state index < -0.39 is 0 Å². The van der Waals surface area contributed by atoms with Crippen LogP contribution < -0.4 is 4.74 Å². The Balaban J connectivity index is 1.60. The van der Waals surface area contributed by atoms with Crippen molar-refractivity contribution in [3.63, 3.8) is 0 Å². The molecule has 27 heavy (non-hydrogen) atoms. The zero-order valence-electron chi connectivity index (χ0n) is 15.3. The molecule has 4 rings (SSSR count). The first kappa shape index (κ1) is 17.9. The van der Waals surface area contributed by atoms with Crippen molar-refractivity contribution in [3.8, 4) is 5.75 Å². The van der Waals surface area contributed by atoms with E-state index in [-0.39, 0.29) is 11.9 Å². The summed E-state index contributed by atoms with van der Waals surface area (Å²) < 4.78 is 8.08. The van der Waals surface area contributed by atoms with E-state index in [1.165, 1.54) is 0 Å². The second-order valence-electron chi connectivity index (χ2n) is 6.78. The Bertz CT molecular complexity index is 952. The summed E-state index contributed by atoms with van der Waals surface area (Å²) in [5, 5.41) is 0.691. The fourth-order valence-corrected chi connectivity index (χ4v) is 3.91. The molecule has 6 heteroatoms. The SMILES string of the molecule is CC(=O)N1CCC[C@@H]1c1nc2ccccc2n1CCOc1ccc(Cl)cc1. The predicted octanol–water partition coefficient (Wildman–Crippen LogP) is 4.45. The number of halogens is 1. The van der Waals surface area contributed by atoms with E-state index >= 15 is 0 Å². The molecule has 1 aliphatic heterocycles. The molecule has 0 unspecified atom stereocenters. The first-order chi connectivity index (χ1) is 13.1. The van der Waals surface area contributed by atoms with Crippen LogP contribution >= 0.6 is 11.6 Å². The van der Waals surface area contributed by atoms with Crippen molar-refractivity contribution >= 4 is 28.5 Å². The molecule has 1 fully saturated rings. The van der Waals surface area contributed by atoms with E-state index in [4.69, 9.17) is 21.3 Å². The maximum absolute atomic E-state index is 12.0. The third-order valence-electron chi connectivity index (χ3n) is 5.04. The summed E-state index contributed by atoms with van der Waals surface area (Å²) in [7, 11) is 0. The van der Waals surface area contributed by atoms with Crippen LogP contribution in [0.2, 0.25) is 5.02 Å². The second-order valence-corrected chi connectivity index (χ2v) is 7.22. The van der Waals surface area contributed by atoms with Gasteiger partial charge < -0.3 is 14.2 Å². The summed E-state index contributed by atoms with van der Waals surface area (Å²) >= 11 is 5.92. The first-order valence-corrected chi connectivity index (χ1v) is 9.62. The van der Waals surface area contributed by atoms with E-state index in [1.54, 1.807) is 6.92 Å². The van der Waals surface area contributed by atoms with E-state index in [1.807, 2.05) is 47.4 Å². The highest BCUT2D eigenvalue weighted by molar-refractivity contribution is 6.30. The molecule has 0 bridgehead atoms. The zero-order chi connectivity index (χ0) is 18.8. The second kappa shape index (κ2) is 7.61. The topological polar surface area (TPSA) is 47.4 Å². The highest BCUT2D eigenvalue weighted by atomic mass is 35.5. The Labute approximate surface area is 163 Å². The van der Waals surface area contributed by atoms with Crippen molar-refractivity contribution in [2.45, 2.75) is 32.4 Å². The number of hydrogen-bond donors (Lipinski definition) is 0. The van der Waals surface area contributed by atoms with Crippen LogP contribution in [0.15, 0.2) is 48.5 Å². The quantitative estimate of drug-likeness (QED) is 0.653. The molecule has 0 radical (unpaired) electrons. The Morgan fingerprint density at radius 2 is 2.00 bits per heavy atom. The Morgan fingerprint density at radius 1 is 1.22 bits per heavy atom. The molecule has 1 aliphatic rings. The highest BCUT2D eigenvalue weighted by Crippen LogP contribution is 2.33. The van der Waals surface area contributed by atoms with E-state index in [0.29, 0.717) is 18.2 Å². The van der Waals surface area contributed by atoms with Gasteiger partial charge in [-0.1, -0.05) is 23.7 Å². The summed E-state index contributed by atoms with van der Waals surface area (Å²) in [5.41, 5.74) is 2.03. The van der Waals surface area contributed by atoms with Crippen LogP contribution in [-0.4, -0.2) is 33.5 Å². The molecule has 1 aromatic heterocycles. The number of amides is 1. The minimum Gasteiger partial charge on any atom is -0.492 e. The van der Waals surface area contributed by atoms with Crippen molar-refractivity contribution in [1.82, 2.24) is 14.5 Å². The Kier molecular flexibility index (Phi) is 5.03. The van der Waals surface area contributed by atoms with Crippen molar-refractivity contribution in [2.24, 2.45) is 0 Å². The lowest BCUT2D eigenvalue weighted by molar-refractivity contribution is -0.129. The third kappa shape index (κ3) is 3.65. The Hall–Kier alpha value is -2.53. The van der Waals surface area contributed by atoms with Crippen LogP contribution in [0.1, 0.15) is 31.6 Å². The average molecular weight is 384 g/mol. The number of benzene rings is 2. The van der Waals surface area contributed by atoms with E-state index in [2.05, 4.69) is 10.6 Å². The fraction of sp³-hybridized carbons (Fsp3) is 0.333. The van der Waals surface area contributed by atoms with Crippen molar-refractivity contribution in [1.29, 1.82) is 0 Å². The number of para-hydroxylation sites is 2. The molecular weight excluding hydrogens is 362 g/mol. The van der Waals surface area contributed by atoms with Gasteiger partial charge in [-0.2, -0.15) is 0 Å². The third-order valence-corrected chi connectivity index (χ3v) is 5.29. The first-order valence-electron chi connectivity index (χ1n) is 9.24. The molecule has 0 N–H and O–H groups in total. The van der Waals surface area contributed by atoms with Gasteiger partial charge in [-0.25, -0.2) is 4.98 Å².